The highest BCUT2D eigenvalue weighted by molar-refractivity contribution is 8.02. The lowest BCUT2D eigenvalue weighted by molar-refractivity contribution is 0.178. The number of hydrogen-bond acceptors (Lipinski definition) is 5. The number of halogens is 2. The van der Waals surface area contributed by atoms with Crippen molar-refractivity contribution in [1.29, 1.82) is 0 Å². The van der Waals surface area contributed by atoms with Crippen LogP contribution in [0.2, 0.25) is 0 Å². The number of nitrogens with zero attached hydrogens (tertiary/aromatic N) is 3. The zero-order chi connectivity index (χ0) is 19.0. The number of para-hydroxylation sites is 3. The number of anilines is 3. The third-order valence-corrected chi connectivity index (χ3v) is 6.06. The van der Waals surface area contributed by atoms with Crippen molar-refractivity contribution in [2.75, 3.05) is 34.8 Å². The quantitative estimate of drug-likeness (QED) is 0.789. The first-order valence-electron chi connectivity index (χ1n) is 9.30. The van der Waals surface area contributed by atoms with E-state index in [0.717, 1.165) is 37.6 Å². The van der Waals surface area contributed by atoms with Gasteiger partial charge in [0.25, 0.3) is 0 Å². The fourth-order valence-electron chi connectivity index (χ4n) is 3.89. The molecule has 2 aromatic carbocycles. The molecule has 2 aliphatic heterocycles. The molecule has 4 nitrogen and oxygen atoms in total. The summed E-state index contributed by atoms with van der Waals surface area (Å²) in [4.78, 5) is 2.45. The molecule has 0 saturated carbocycles. The van der Waals surface area contributed by atoms with Crippen LogP contribution in [0.1, 0.15) is 13.8 Å². The third-order valence-electron chi connectivity index (χ3n) is 4.94. The van der Waals surface area contributed by atoms with E-state index in [0.29, 0.717) is 12.1 Å². The minimum absolute atomic E-state index is 0.0122. The molecule has 1 fully saturated rings. The van der Waals surface area contributed by atoms with Crippen LogP contribution < -0.4 is 13.9 Å². The lowest BCUT2D eigenvalue weighted by atomic mass is 10.1. The zero-order valence-corrected chi connectivity index (χ0v) is 16.3. The second-order valence-electron chi connectivity index (χ2n) is 7.27. The van der Waals surface area contributed by atoms with E-state index in [1.54, 1.807) is 4.31 Å². The average molecular weight is 391 g/mol. The molecular formula is C20H24F2N4S. The van der Waals surface area contributed by atoms with E-state index < -0.39 is 11.6 Å². The number of rotatable bonds is 4. The van der Waals surface area contributed by atoms with Crippen LogP contribution in [0, 0.1) is 11.6 Å². The Labute approximate surface area is 163 Å². The van der Waals surface area contributed by atoms with Gasteiger partial charge in [-0.05, 0) is 38.1 Å². The predicted octanol–water partition coefficient (Wildman–Crippen LogP) is 4.17. The van der Waals surface area contributed by atoms with Gasteiger partial charge in [0.05, 0.1) is 23.5 Å². The van der Waals surface area contributed by atoms with E-state index in [-0.39, 0.29) is 5.69 Å². The summed E-state index contributed by atoms with van der Waals surface area (Å²) in [6.45, 7) is 8.11. The Balaban J connectivity index is 1.54. The highest BCUT2D eigenvalue weighted by atomic mass is 32.2. The van der Waals surface area contributed by atoms with Gasteiger partial charge in [0.15, 0.2) is 11.6 Å². The van der Waals surface area contributed by atoms with Gasteiger partial charge in [0, 0.05) is 38.3 Å². The Morgan fingerprint density at radius 1 is 0.926 bits per heavy atom. The molecular weight excluding hydrogens is 366 g/mol. The highest BCUT2D eigenvalue weighted by Gasteiger charge is 2.32. The molecule has 2 atom stereocenters. The molecule has 0 bridgehead atoms. The summed E-state index contributed by atoms with van der Waals surface area (Å²) in [6.07, 6.45) is 0. The van der Waals surface area contributed by atoms with Crippen molar-refractivity contribution in [2.45, 2.75) is 25.9 Å². The first-order valence-corrected chi connectivity index (χ1v) is 10.0. The largest absolute Gasteiger partial charge is 0.309 e. The fourth-order valence-corrected chi connectivity index (χ4v) is 5.00. The summed E-state index contributed by atoms with van der Waals surface area (Å²) in [5.74, 6) is -1.10. The highest BCUT2D eigenvalue weighted by Crippen LogP contribution is 2.49. The lowest BCUT2D eigenvalue weighted by Gasteiger charge is -2.36. The molecule has 144 valence electrons. The average Bonchev–Trinajstić information content (AvgIpc) is 2.98. The maximum atomic E-state index is 14.4. The van der Waals surface area contributed by atoms with Crippen LogP contribution in [0.15, 0.2) is 42.5 Å². The van der Waals surface area contributed by atoms with Gasteiger partial charge in [0.1, 0.15) is 5.69 Å². The van der Waals surface area contributed by atoms with E-state index in [4.69, 9.17) is 0 Å². The molecule has 4 rings (SSSR count). The Bertz CT molecular complexity index is 788. The second-order valence-corrected chi connectivity index (χ2v) is 8.23. The number of piperazine rings is 1. The topological polar surface area (TPSA) is 21.8 Å². The van der Waals surface area contributed by atoms with Crippen LogP contribution in [-0.4, -0.2) is 43.2 Å². The van der Waals surface area contributed by atoms with Gasteiger partial charge in [-0.2, -0.15) is 0 Å². The van der Waals surface area contributed by atoms with Crippen LogP contribution >= 0.6 is 12.1 Å². The molecule has 2 aromatic rings. The first kappa shape index (κ1) is 18.5. The van der Waals surface area contributed by atoms with Crippen molar-refractivity contribution < 1.29 is 8.78 Å². The molecule has 0 amide bonds. The first-order chi connectivity index (χ1) is 13.0. The van der Waals surface area contributed by atoms with Crippen molar-refractivity contribution in [2.24, 2.45) is 0 Å². The molecule has 27 heavy (non-hydrogen) atoms. The Morgan fingerprint density at radius 2 is 1.56 bits per heavy atom. The van der Waals surface area contributed by atoms with Crippen LogP contribution in [0.5, 0.6) is 0 Å². The maximum Gasteiger partial charge on any atom is 0.150 e. The minimum atomic E-state index is -0.552. The van der Waals surface area contributed by atoms with Gasteiger partial charge < -0.3 is 5.32 Å². The van der Waals surface area contributed by atoms with Gasteiger partial charge in [-0.1, -0.05) is 18.2 Å². The molecule has 1 saturated heterocycles. The summed E-state index contributed by atoms with van der Waals surface area (Å²) in [5.41, 5.74) is 1.79. The molecule has 0 spiro atoms. The zero-order valence-electron chi connectivity index (χ0n) is 15.5. The molecule has 0 aromatic heterocycles. The summed E-state index contributed by atoms with van der Waals surface area (Å²) in [5, 5.41) is 3.54. The van der Waals surface area contributed by atoms with Gasteiger partial charge in [0.2, 0.25) is 0 Å². The smallest absolute Gasteiger partial charge is 0.150 e. The molecule has 2 heterocycles. The van der Waals surface area contributed by atoms with Crippen molar-refractivity contribution >= 4 is 29.2 Å². The van der Waals surface area contributed by atoms with Crippen LogP contribution in [0.4, 0.5) is 25.8 Å². The fraction of sp³-hybridized carbons (Fsp3) is 0.400. The summed E-state index contributed by atoms with van der Waals surface area (Å²) >= 11 is 1.36. The minimum Gasteiger partial charge on any atom is -0.309 e. The standard InChI is InChI=1S/C20H24F2N4S/c1-14-12-24(13-15(2)23-14)10-11-25-18-8-3-4-9-19(18)26(27-25)20-16(21)6-5-7-17(20)22/h3-9,14-15,23H,10-13H2,1-2H3. The number of nitrogens with one attached hydrogen (secondary N) is 1. The van der Waals surface area contributed by atoms with Gasteiger partial charge >= 0.3 is 0 Å². The number of fused-ring (bicyclic) bond motifs is 1. The lowest BCUT2D eigenvalue weighted by Crippen LogP contribution is -2.55. The number of benzene rings is 2. The molecule has 2 aliphatic rings. The number of hydrogen-bond donors (Lipinski definition) is 1. The van der Waals surface area contributed by atoms with E-state index in [1.165, 1.54) is 30.3 Å². The maximum absolute atomic E-state index is 14.4. The Hall–Kier alpha value is -1.83. The molecule has 7 heteroatoms. The summed E-state index contributed by atoms with van der Waals surface area (Å²) in [6, 6.07) is 12.7. The van der Waals surface area contributed by atoms with E-state index >= 15 is 0 Å². The van der Waals surface area contributed by atoms with Crippen molar-refractivity contribution in [3.8, 4) is 0 Å². The monoisotopic (exact) mass is 390 g/mol. The van der Waals surface area contributed by atoms with Gasteiger partial charge in [-0.15, -0.1) is 0 Å². The van der Waals surface area contributed by atoms with Crippen LogP contribution in [0.3, 0.4) is 0 Å². The Morgan fingerprint density at radius 3 is 2.22 bits per heavy atom. The van der Waals surface area contributed by atoms with E-state index in [1.807, 2.05) is 24.3 Å². The van der Waals surface area contributed by atoms with E-state index in [9.17, 15) is 8.78 Å². The molecule has 0 radical (unpaired) electrons. The predicted molar refractivity (Wildman–Crippen MR) is 108 cm³/mol. The van der Waals surface area contributed by atoms with Crippen molar-refractivity contribution in [3.05, 3.63) is 54.1 Å². The SMILES string of the molecule is CC1CN(CCN2SN(c3c(F)cccc3F)c3ccccc32)CC(C)N1. The molecule has 1 N–H and O–H groups in total. The van der Waals surface area contributed by atoms with Crippen molar-refractivity contribution in [3.63, 3.8) is 0 Å². The van der Waals surface area contributed by atoms with Gasteiger partial charge in [-0.25, -0.2) is 8.78 Å². The molecule has 0 aliphatic carbocycles. The van der Waals surface area contributed by atoms with Crippen molar-refractivity contribution in [1.82, 2.24) is 10.2 Å². The van der Waals surface area contributed by atoms with Crippen LogP contribution in [0.25, 0.3) is 0 Å². The van der Waals surface area contributed by atoms with Gasteiger partial charge in [-0.3, -0.25) is 13.5 Å². The Kier molecular flexibility index (Phi) is 5.25. The second kappa shape index (κ2) is 7.66. The normalized spacial score (nSPS) is 23.0. The third kappa shape index (κ3) is 3.77. The van der Waals surface area contributed by atoms with Crippen LogP contribution in [-0.2, 0) is 0 Å². The summed E-state index contributed by atoms with van der Waals surface area (Å²) in [7, 11) is 0. The molecule has 2 unspecified atom stereocenters. The summed E-state index contributed by atoms with van der Waals surface area (Å²) < 4.78 is 32.5. The van der Waals surface area contributed by atoms with E-state index in [2.05, 4.69) is 28.4 Å².